The van der Waals surface area contributed by atoms with E-state index in [2.05, 4.69) is 5.32 Å². The van der Waals surface area contributed by atoms with Crippen LogP contribution in [0.4, 0.5) is 0 Å². The third-order valence-corrected chi connectivity index (χ3v) is 0.965. The molecule has 0 heterocycles. The van der Waals surface area contributed by atoms with E-state index in [1.54, 1.807) is 0 Å². The van der Waals surface area contributed by atoms with Crippen LogP contribution in [0, 0.1) is 0 Å². The number of hydrogen-bond acceptors (Lipinski definition) is 4. The zero-order valence-electron chi connectivity index (χ0n) is 5.91. The molecular weight excluding hydrogens is 150 g/mol. The van der Waals surface area contributed by atoms with Gasteiger partial charge in [-0.3, -0.25) is 9.59 Å². The van der Waals surface area contributed by atoms with Gasteiger partial charge in [-0.15, -0.1) is 0 Å². The lowest BCUT2D eigenvalue weighted by Gasteiger charge is -2.05. The summed E-state index contributed by atoms with van der Waals surface area (Å²) >= 11 is 0. The summed E-state index contributed by atoms with van der Waals surface area (Å²) in [5.74, 6) is -1.39. The van der Waals surface area contributed by atoms with Gasteiger partial charge in [-0.1, -0.05) is 0 Å². The molecule has 6 N–H and O–H groups in total. The van der Waals surface area contributed by atoms with Gasteiger partial charge in [0.05, 0.1) is 6.54 Å². The van der Waals surface area contributed by atoms with Gasteiger partial charge < -0.3 is 21.9 Å². The van der Waals surface area contributed by atoms with Gasteiger partial charge in [-0.05, 0) is 0 Å². The number of rotatable bonds is 5. The molecule has 0 rings (SSSR count). The van der Waals surface area contributed by atoms with Crippen molar-refractivity contribution in [2.75, 3.05) is 13.1 Å². The van der Waals surface area contributed by atoms with E-state index in [1.807, 2.05) is 0 Å². The molecule has 1 atom stereocenters. The van der Waals surface area contributed by atoms with E-state index in [1.165, 1.54) is 0 Å². The number of primary amides is 2. The minimum Gasteiger partial charge on any atom is -0.382 e. The van der Waals surface area contributed by atoms with Crippen LogP contribution < -0.4 is 16.8 Å². The van der Waals surface area contributed by atoms with Crippen molar-refractivity contribution in [3.63, 3.8) is 0 Å². The lowest BCUT2D eigenvalue weighted by Crippen LogP contribution is -2.40. The van der Waals surface area contributed by atoms with Gasteiger partial charge in [-0.25, -0.2) is 0 Å². The van der Waals surface area contributed by atoms with Gasteiger partial charge in [0.25, 0.3) is 0 Å². The fourth-order valence-electron chi connectivity index (χ4n) is 0.433. The highest BCUT2D eigenvalue weighted by Crippen LogP contribution is 1.75. The van der Waals surface area contributed by atoms with E-state index in [-0.39, 0.29) is 13.1 Å². The topological polar surface area (TPSA) is 118 Å². The van der Waals surface area contributed by atoms with Crippen LogP contribution in [-0.4, -0.2) is 36.1 Å². The number of carbonyl (C=O) groups is 2. The first-order valence-electron chi connectivity index (χ1n) is 3.00. The van der Waals surface area contributed by atoms with Crippen molar-refractivity contribution < 1.29 is 14.7 Å². The van der Waals surface area contributed by atoms with Crippen LogP contribution in [0.15, 0.2) is 0 Å². The molecule has 6 nitrogen and oxygen atoms in total. The zero-order valence-corrected chi connectivity index (χ0v) is 5.91. The molecule has 0 fully saturated rings. The first-order chi connectivity index (χ1) is 5.04. The molecular formula is C5H11N3O3. The van der Waals surface area contributed by atoms with Crippen LogP contribution in [0.2, 0.25) is 0 Å². The third-order valence-electron chi connectivity index (χ3n) is 0.965. The Kier molecular flexibility index (Phi) is 4.16. The molecule has 2 amide bonds. The molecule has 0 bridgehead atoms. The molecule has 0 aromatic heterocycles. The van der Waals surface area contributed by atoms with Gasteiger partial charge in [0.2, 0.25) is 11.8 Å². The molecule has 0 aromatic carbocycles. The third kappa shape index (κ3) is 5.31. The van der Waals surface area contributed by atoms with Crippen molar-refractivity contribution >= 4 is 11.8 Å². The Balaban J connectivity index is 3.39. The monoisotopic (exact) mass is 161 g/mol. The largest absolute Gasteiger partial charge is 0.382 e. The fraction of sp³-hybridized carbons (Fsp3) is 0.600. The number of amides is 2. The number of aliphatic hydroxyl groups is 1. The van der Waals surface area contributed by atoms with Crippen LogP contribution in [0.3, 0.4) is 0 Å². The predicted octanol–water partition coefficient (Wildman–Crippen LogP) is -3.09. The SMILES string of the molecule is NC(=O)CNCC(O)C(N)=O. The van der Waals surface area contributed by atoms with Gasteiger partial charge >= 0.3 is 0 Å². The highest BCUT2D eigenvalue weighted by Gasteiger charge is 2.09. The molecule has 0 aliphatic heterocycles. The first-order valence-corrected chi connectivity index (χ1v) is 3.00. The van der Waals surface area contributed by atoms with Crippen molar-refractivity contribution in [3.8, 4) is 0 Å². The Morgan fingerprint density at radius 3 is 2.36 bits per heavy atom. The molecule has 0 saturated heterocycles. The summed E-state index contributed by atoms with van der Waals surface area (Å²) in [7, 11) is 0. The normalized spacial score (nSPS) is 12.5. The van der Waals surface area contributed by atoms with Crippen LogP contribution in [0.5, 0.6) is 0 Å². The molecule has 0 radical (unpaired) electrons. The molecule has 6 heteroatoms. The van der Waals surface area contributed by atoms with Gasteiger partial charge in [0, 0.05) is 6.54 Å². The fourth-order valence-corrected chi connectivity index (χ4v) is 0.433. The Morgan fingerprint density at radius 1 is 1.45 bits per heavy atom. The molecule has 0 aromatic rings. The molecule has 0 spiro atoms. The maximum absolute atomic E-state index is 10.2. The van der Waals surface area contributed by atoms with Gasteiger partial charge in [0.15, 0.2) is 0 Å². The average Bonchev–Trinajstić information content (AvgIpc) is 1.86. The van der Waals surface area contributed by atoms with E-state index in [0.717, 1.165) is 0 Å². The highest BCUT2D eigenvalue weighted by atomic mass is 16.3. The molecule has 0 aliphatic carbocycles. The summed E-state index contributed by atoms with van der Waals surface area (Å²) in [5, 5.41) is 11.2. The number of carbonyl (C=O) groups excluding carboxylic acids is 2. The van der Waals surface area contributed by atoms with Crippen molar-refractivity contribution in [3.05, 3.63) is 0 Å². The number of nitrogens with one attached hydrogen (secondary N) is 1. The van der Waals surface area contributed by atoms with E-state index in [4.69, 9.17) is 16.6 Å². The van der Waals surface area contributed by atoms with E-state index < -0.39 is 17.9 Å². The Bertz CT molecular complexity index is 159. The quantitative estimate of drug-likeness (QED) is 0.341. The zero-order chi connectivity index (χ0) is 8.85. The summed E-state index contributed by atoms with van der Waals surface area (Å²) in [6.07, 6.45) is -1.27. The average molecular weight is 161 g/mol. The van der Waals surface area contributed by atoms with Crippen molar-refractivity contribution in [2.45, 2.75) is 6.10 Å². The summed E-state index contributed by atoms with van der Waals surface area (Å²) in [4.78, 5) is 20.3. The maximum Gasteiger partial charge on any atom is 0.247 e. The summed E-state index contributed by atoms with van der Waals surface area (Å²) < 4.78 is 0. The van der Waals surface area contributed by atoms with Gasteiger partial charge in [0.1, 0.15) is 6.10 Å². The van der Waals surface area contributed by atoms with E-state index >= 15 is 0 Å². The summed E-state index contributed by atoms with van der Waals surface area (Å²) in [6.45, 7) is -0.136. The summed E-state index contributed by atoms with van der Waals surface area (Å²) in [6, 6.07) is 0. The first kappa shape index (κ1) is 9.86. The second kappa shape index (κ2) is 4.64. The molecule has 1 unspecified atom stereocenters. The van der Waals surface area contributed by atoms with Crippen molar-refractivity contribution in [1.82, 2.24) is 5.32 Å². The minimum absolute atomic E-state index is 0.0573. The standard InChI is InChI=1S/C5H11N3O3/c6-4(10)2-8-1-3(9)5(7)11/h3,8-9H,1-2H2,(H2,6,10)(H2,7,11). The Hall–Kier alpha value is -1.14. The summed E-state index contributed by atoms with van der Waals surface area (Å²) in [5.41, 5.74) is 9.46. The Labute approximate surface area is 63.5 Å². The lowest BCUT2D eigenvalue weighted by atomic mass is 10.3. The highest BCUT2D eigenvalue weighted by molar-refractivity contribution is 5.79. The molecule has 11 heavy (non-hydrogen) atoms. The van der Waals surface area contributed by atoms with Crippen molar-refractivity contribution in [1.29, 1.82) is 0 Å². The van der Waals surface area contributed by atoms with Crippen LogP contribution in [-0.2, 0) is 9.59 Å². The molecule has 64 valence electrons. The molecule has 0 aliphatic rings. The Morgan fingerprint density at radius 2 is 2.00 bits per heavy atom. The smallest absolute Gasteiger partial charge is 0.247 e. The van der Waals surface area contributed by atoms with Crippen LogP contribution >= 0.6 is 0 Å². The van der Waals surface area contributed by atoms with E-state index in [0.29, 0.717) is 0 Å². The molecule has 0 saturated carbocycles. The maximum atomic E-state index is 10.2. The lowest BCUT2D eigenvalue weighted by molar-refractivity contribution is -0.126. The van der Waals surface area contributed by atoms with Crippen LogP contribution in [0.1, 0.15) is 0 Å². The number of nitrogens with two attached hydrogens (primary N) is 2. The predicted molar refractivity (Wildman–Crippen MR) is 37.3 cm³/mol. The minimum atomic E-state index is -1.27. The second-order valence-electron chi connectivity index (χ2n) is 2.02. The number of aliphatic hydroxyl groups excluding tert-OH is 1. The van der Waals surface area contributed by atoms with Gasteiger partial charge in [-0.2, -0.15) is 0 Å². The number of hydrogen-bond donors (Lipinski definition) is 4. The van der Waals surface area contributed by atoms with Crippen molar-refractivity contribution in [2.24, 2.45) is 11.5 Å². The second-order valence-corrected chi connectivity index (χ2v) is 2.02. The van der Waals surface area contributed by atoms with E-state index in [9.17, 15) is 9.59 Å². The van der Waals surface area contributed by atoms with Crippen LogP contribution in [0.25, 0.3) is 0 Å².